The normalized spacial score (nSPS) is 18.5. The van der Waals surface area contributed by atoms with Crippen molar-refractivity contribution in [1.29, 1.82) is 0 Å². The van der Waals surface area contributed by atoms with Crippen molar-refractivity contribution in [2.24, 2.45) is 0 Å². The summed E-state index contributed by atoms with van der Waals surface area (Å²) in [6, 6.07) is 6.21. The maximum absolute atomic E-state index is 13.8. The second-order valence-corrected chi connectivity index (χ2v) is 5.81. The SMILES string of the molecule is CC(C)c1noc(C2CCC(=O)N2Cc2ccccc2F)n1. The summed E-state index contributed by atoms with van der Waals surface area (Å²) in [5.41, 5.74) is 0.492. The third-order valence-electron chi connectivity index (χ3n) is 3.89. The van der Waals surface area contributed by atoms with Crippen LogP contribution in [0.1, 0.15) is 55.9 Å². The molecule has 1 saturated heterocycles. The minimum atomic E-state index is -0.311. The van der Waals surface area contributed by atoms with E-state index in [1.165, 1.54) is 6.07 Å². The fourth-order valence-corrected chi connectivity index (χ4v) is 2.62. The van der Waals surface area contributed by atoms with Crippen molar-refractivity contribution in [3.05, 3.63) is 47.4 Å². The molecule has 1 aromatic carbocycles. The predicted octanol–water partition coefficient (Wildman–Crippen LogP) is 3.20. The molecule has 116 valence electrons. The number of carbonyl (C=O) groups excluding carboxylic acids is 1. The summed E-state index contributed by atoms with van der Waals surface area (Å²) < 4.78 is 19.1. The monoisotopic (exact) mass is 303 g/mol. The fraction of sp³-hybridized carbons (Fsp3) is 0.438. The van der Waals surface area contributed by atoms with Gasteiger partial charge in [0.25, 0.3) is 0 Å². The van der Waals surface area contributed by atoms with Gasteiger partial charge in [-0.1, -0.05) is 37.2 Å². The summed E-state index contributed by atoms with van der Waals surface area (Å²) in [6.07, 6.45) is 1.03. The molecule has 1 aliphatic heterocycles. The number of likely N-dealkylation sites (tertiary alicyclic amines) is 1. The van der Waals surface area contributed by atoms with E-state index in [9.17, 15) is 9.18 Å². The fourth-order valence-electron chi connectivity index (χ4n) is 2.62. The number of hydrogen-bond donors (Lipinski definition) is 0. The molecule has 0 aliphatic carbocycles. The Balaban J connectivity index is 1.84. The van der Waals surface area contributed by atoms with Gasteiger partial charge >= 0.3 is 0 Å². The molecule has 1 fully saturated rings. The maximum atomic E-state index is 13.8. The van der Waals surface area contributed by atoms with Crippen molar-refractivity contribution in [2.45, 2.75) is 45.2 Å². The molecule has 0 N–H and O–H groups in total. The number of nitrogens with zero attached hydrogens (tertiary/aromatic N) is 3. The number of aromatic nitrogens is 2. The van der Waals surface area contributed by atoms with Crippen molar-refractivity contribution >= 4 is 5.91 Å². The van der Waals surface area contributed by atoms with E-state index in [1.54, 1.807) is 23.1 Å². The van der Waals surface area contributed by atoms with Crippen LogP contribution in [0.3, 0.4) is 0 Å². The second-order valence-electron chi connectivity index (χ2n) is 5.81. The Hall–Kier alpha value is -2.24. The largest absolute Gasteiger partial charge is 0.337 e. The van der Waals surface area contributed by atoms with E-state index in [0.29, 0.717) is 30.1 Å². The molecular formula is C16H18FN3O2. The summed E-state index contributed by atoms with van der Waals surface area (Å²) in [5.74, 6) is 0.896. The van der Waals surface area contributed by atoms with Gasteiger partial charge in [0.2, 0.25) is 11.8 Å². The Kier molecular flexibility index (Phi) is 3.92. The van der Waals surface area contributed by atoms with Crippen molar-refractivity contribution < 1.29 is 13.7 Å². The van der Waals surface area contributed by atoms with Crippen LogP contribution in [0.15, 0.2) is 28.8 Å². The molecule has 2 heterocycles. The molecule has 3 rings (SSSR count). The van der Waals surface area contributed by atoms with Crippen LogP contribution < -0.4 is 0 Å². The molecular weight excluding hydrogens is 285 g/mol. The lowest BCUT2D eigenvalue weighted by Crippen LogP contribution is -2.27. The highest BCUT2D eigenvalue weighted by Gasteiger charge is 2.36. The summed E-state index contributed by atoms with van der Waals surface area (Å²) in [7, 11) is 0. The number of benzene rings is 1. The first-order valence-electron chi connectivity index (χ1n) is 7.42. The Morgan fingerprint density at radius 2 is 2.18 bits per heavy atom. The molecule has 1 aromatic heterocycles. The van der Waals surface area contributed by atoms with Gasteiger partial charge in [0.05, 0.1) is 0 Å². The first kappa shape index (κ1) is 14.7. The highest BCUT2D eigenvalue weighted by Crippen LogP contribution is 2.34. The average molecular weight is 303 g/mol. The summed E-state index contributed by atoms with van der Waals surface area (Å²) >= 11 is 0. The topological polar surface area (TPSA) is 59.2 Å². The molecule has 1 aliphatic rings. The molecule has 0 saturated carbocycles. The van der Waals surface area contributed by atoms with Gasteiger partial charge in [0, 0.05) is 24.4 Å². The summed E-state index contributed by atoms with van der Waals surface area (Å²) in [4.78, 5) is 18.1. The van der Waals surface area contributed by atoms with Gasteiger partial charge < -0.3 is 9.42 Å². The third kappa shape index (κ3) is 2.73. The van der Waals surface area contributed by atoms with Crippen molar-refractivity contribution in [1.82, 2.24) is 15.0 Å². The average Bonchev–Trinajstić information content (AvgIpc) is 3.09. The molecule has 1 atom stereocenters. The number of hydrogen-bond acceptors (Lipinski definition) is 4. The molecule has 0 radical (unpaired) electrons. The molecule has 1 amide bonds. The number of amides is 1. The molecule has 0 spiro atoms. The Morgan fingerprint density at radius 3 is 2.86 bits per heavy atom. The van der Waals surface area contributed by atoms with Gasteiger partial charge in [-0.05, 0) is 12.5 Å². The van der Waals surface area contributed by atoms with Gasteiger partial charge in [0.1, 0.15) is 11.9 Å². The van der Waals surface area contributed by atoms with Crippen LogP contribution in [0.2, 0.25) is 0 Å². The summed E-state index contributed by atoms with van der Waals surface area (Å²) in [5, 5.41) is 3.95. The van der Waals surface area contributed by atoms with E-state index in [0.717, 1.165) is 0 Å². The van der Waals surface area contributed by atoms with Crippen LogP contribution in [0.4, 0.5) is 4.39 Å². The summed E-state index contributed by atoms with van der Waals surface area (Å²) in [6.45, 7) is 4.17. The highest BCUT2D eigenvalue weighted by molar-refractivity contribution is 5.78. The van der Waals surface area contributed by atoms with Gasteiger partial charge in [-0.25, -0.2) is 4.39 Å². The molecule has 22 heavy (non-hydrogen) atoms. The number of rotatable bonds is 4. The lowest BCUT2D eigenvalue weighted by atomic mass is 10.1. The van der Waals surface area contributed by atoms with Crippen molar-refractivity contribution in [3.8, 4) is 0 Å². The van der Waals surface area contributed by atoms with E-state index < -0.39 is 0 Å². The number of carbonyl (C=O) groups is 1. The zero-order valence-corrected chi connectivity index (χ0v) is 12.6. The molecule has 0 bridgehead atoms. The quantitative estimate of drug-likeness (QED) is 0.870. The van der Waals surface area contributed by atoms with Crippen LogP contribution in [0.25, 0.3) is 0 Å². The van der Waals surface area contributed by atoms with Crippen LogP contribution in [-0.2, 0) is 11.3 Å². The van der Waals surface area contributed by atoms with Crippen molar-refractivity contribution in [3.63, 3.8) is 0 Å². The van der Waals surface area contributed by atoms with E-state index in [2.05, 4.69) is 10.1 Å². The van der Waals surface area contributed by atoms with Crippen LogP contribution in [0.5, 0.6) is 0 Å². The van der Waals surface area contributed by atoms with E-state index >= 15 is 0 Å². The molecule has 2 aromatic rings. The maximum Gasteiger partial charge on any atom is 0.249 e. The second kappa shape index (κ2) is 5.87. The van der Waals surface area contributed by atoms with E-state index in [1.807, 2.05) is 13.8 Å². The van der Waals surface area contributed by atoms with Gasteiger partial charge in [0.15, 0.2) is 5.82 Å². The van der Waals surface area contributed by atoms with E-state index in [4.69, 9.17) is 4.52 Å². The lowest BCUT2D eigenvalue weighted by molar-refractivity contribution is -0.130. The molecule has 6 heteroatoms. The minimum Gasteiger partial charge on any atom is -0.337 e. The zero-order chi connectivity index (χ0) is 15.7. The highest BCUT2D eigenvalue weighted by atomic mass is 19.1. The van der Waals surface area contributed by atoms with Gasteiger partial charge in [-0.2, -0.15) is 4.98 Å². The molecule has 5 nitrogen and oxygen atoms in total. The predicted molar refractivity (Wildman–Crippen MR) is 77.3 cm³/mol. The van der Waals surface area contributed by atoms with Gasteiger partial charge in [-0.15, -0.1) is 0 Å². The first-order valence-corrected chi connectivity index (χ1v) is 7.42. The minimum absolute atomic E-state index is 0.0162. The van der Waals surface area contributed by atoms with Gasteiger partial charge in [-0.3, -0.25) is 4.79 Å². The van der Waals surface area contributed by atoms with Crippen molar-refractivity contribution in [2.75, 3.05) is 0 Å². The lowest BCUT2D eigenvalue weighted by Gasteiger charge is -2.22. The van der Waals surface area contributed by atoms with Crippen LogP contribution in [0, 0.1) is 5.82 Å². The zero-order valence-electron chi connectivity index (χ0n) is 12.6. The van der Waals surface area contributed by atoms with Crippen LogP contribution in [-0.4, -0.2) is 20.9 Å². The molecule has 1 unspecified atom stereocenters. The van der Waals surface area contributed by atoms with Crippen LogP contribution >= 0.6 is 0 Å². The smallest absolute Gasteiger partial charge is 0.249 e. The van der Waals surface area contributed by atoms with E-state index in [-0.39, 0.29) is 30.2 Å². The Bertz CT molecular complexity index is 684. The third-order valence-corrected chi connectivity index (χ3v) is 3.89. The number of halogens is 1. The Labute approximate surface area is 128 Å². The first-order chi connectivity index (χ1) is 10.6. The standard InChI is InChI=1S/C16H18FN3O2/c1-10(2)15-18-16(22-19-15)13-7-8-14(21)20(13)9-11-5-3-4-6-12(11)17/h3-6,10,13H,7-9H2,1-2H3. The Morgan fingerprint density at radius 1 is 1.41 bits per heavy atom.